The molecule has 0 radical (unpaired) electrons. The third-order valence-corrected chi connectivity index (χ3v) is 7.26. The molecule has 1 aromatic heterocycles. The number of hydrogen-bond acceptors (Lipinski definition) is 6. The number of aldehydes is 1. The number of rotatable bonds is 12. The lowest BCUT2D eigenvalue weighted by Crippen LogP contribution is -2.47. The molecule has 222 valence electrons. The molecule has 0 fully saturated rings. The van der Waals surface area contributed by atoms with Crippen LogP contribution in [0.5, 0.6) is 0 Å². The predicted octanol–water partition coefficient (Wildman–Crippen LogP) is 4.74. The van der Waals surface area contributed by atoms with Gasteiger partial charge in [0.2, 0.25) is 5.91 Å². The summed E-state index contributed by atoms with van der Waals surface area (Å²) in [7, 11) is 0. The Morgan fingerprint density at radius 3 is 2.43 bits per heavy atom. The Kier molecular flexibility index (Phi) is 9.56. The first-order valence-corrected chi connectivity index (χ1v) is 14.3. The SMILES string of the molecule is O=CCC(NC(=O)C(c1ccccc1)n1cccc(NC(=O)c2ccc3ccccc3c2)c1=O)C(=O)COC1=CCCC=C1. The number of Topliss-reactive ketones (excluding diaryl/α,β-unsaturated/α-hetero) is 1. The van der Waals surface area contributed by atoms with Gasteiger partial charge in [-0.25, -0.2) is 0 Å². The quantitative estimate of drug-likeness (QED) is 0.230. The zero-order valence-corrected chi connectivity index (χ0v) is 23.8. The van der Waals surface area contributed by atoms with Crippen molar-refractivity contribution in [1.82, 2.24) is 9.88 Å². The molecule has 9 heteroatoms. The molecule has 1 aliphatic carbocycles. The highest BCUT2D eigenvalue weighted by Crippen LogP contribution is 2.20. The first kappa shape index (κ1) is 29.9. The highest BCUT2D eigenvalue weighted by molar-refractivity contribution is 6.06. The maximum atomic E-state index is 13.8. The van der Waals surface area contributed by atoms with Crippen molar-refractivity contribution in [2.75, 3.05) is 11.9 Å². The summed E-state index contributed by atoms with van der Waals surface area (Å²) < 4.78 is 6.77. The molecule has 1 heterocycles. The molecular weight excluding hydrogens is 558 g/mol. The molecule has 44 heavy (non-hydrogen) atoms. The van der Waals surface area contributed by atoms with Crippen molar-refractivity contribution >= 4 is 40.3 Å². The minimum absolute atomic E-state index is 0.0258. The van der Waals surface area contributed by atoms with Gasteiger partial charge in [0.1, 0.15) is 30.4 Å². The number of nitrogens with zero attached hydrogens (tertiary/aromatic N) is 1. The molecular formula is C35H31N3O6. The van der Waals surface area contributed by atoms with Crippen LogP contribution in [0.15, 0.2) is 120 Å². The van der Waals surface area contributed by atoms with E-state index in [1.807, 2.05) is 42.5 Å². The van der Waals surface area contributed by atoms with Crippen LogP contribution in [0.2, 0.25) is 0 Å². The van der Waals surface area contributed by atoms with Crippen LogP contribution in [0, 0.1) is 0 Å². The number of hydrogen-bond donors (Lipinski definition) is 2. The van der Waals surface area contributed by atoms with Crippen LogP contribution >= 0.6 is 0 Å². The fraction of sp³-hybridized carbons (Fsp3) is 0.171. The van der Waals surface area contributed by atoms with Gasteiger partial charge in [0.05, 0.1) is 6.04 Å². The van der Waals surface area contributed by atoms with E-state index >= 15 is 0 Å². The van der Waals surface area contributed by atoms with Gasteiger partial charge in [0, 0.05) is 18.2 Å². The summed E-state index contributed by atoms with van der Waals surface area (Å²) >= 11 is 0. The van der Waals surface area contributed by atoms with Crippen LogP contribution in [-0.2, 0) is 19.1 Å². The number of ketones is 1. The Morgan fingerprint density at radius 1 is 0.909 bits per heavy atom. The first-order chi connectivity index (χ1) is 21.4. The van der Waals surface area contributed by atoms with Gasteiger partial charge in [0.15, 0.2) is 5.78 Å². The molecule has 4 aromatic rings. The van der Waals surface area contributed by atoms with Crippen LogP contribution in [-0.4, -0.2) is 41.1 Å². The Bertz CT molecular complexity index is 1810. The van der Waals surface area contributed by atoms with Gasteiger partial charge in [-0.2, -0.15) is 0 Å². The third-order valence-electron chi connectivity index (χ3n) is 7.26. The molecule has 5 rings (SSSR count). The summed E-state index contributed by atoms with van der Waals surface area (Å²) in [5.41, 5.74) is 0.189. The van der Waals surface area contributed by atoms with E-state index in [9.17, 15) is 24.0 Å². The van der Waals surface area contributed by atoms with E-state index < -0.39 is 35.2 Å². The van der Waals surface area contributed by atoms with E-state index in [0.29, 0.717) is 23.2 Å². The summed E-state index contributed by atoms with van der Waals surface area (Å²) in [6.45, 7) is -0.332. The van der Waals surface area contributed by atoms with Crippen molar-refractivity contribution in [2.45, 2.75) is 31.3 Å². The highest BCUT2D eigenvalue weighted by Gasteiger charge is 2.29. The maximum Gasteiger partial charge on any atom is 0.275 e. The minimum Gasteiger partial charge on any atom is -0.486 e. The Morgan fingerprint density at radius 2 is 1.68 bits per heavy atom. The molecule has 9 nitrogen and oxygen atoms in total. The molecule has 1 aliphatic rings. The van der Waals surface area contributed by atoms with Crippen molar-refractivity contribution in [3.8, 4) is 0 Å². The molecule has 0 saturated heterocycles. The van der Waals surface area contributed by atoms with Gasteiger partial charge in [-0.15, -0.1) is 0 Å². The normalized spacial score (nSPS) is 13.8. The number of allylic oxidation sites excluding steroid dienone is 3. The van der Waals surface area contributed by atoms with E-state index in [4.69, 9.17) is 4.74 Å². The number of pyridine rings is 1. The van der Waals surface area contributed by atoms with Crippen LogP contribution in [0.1, 0.15) is 41.2 Å². The standard InChI is InChI=1S/C35H31N3O6/c39-21-19-29(31(40)23-44-28-14-5-2-6-15-28)36-34(42)32(25-11-3-1-4-12-25)38-20-9-16-30(35(38)43)37-33(41)27-18-17-24-10-7-8-13-26(24)22-27/h1,3-5,7-18,20-22,29,32H,2,6,19,23H2,(H,36,42)(H,37,41). The number of nitrogens with one attached hydrogen (secondary N) is 2. The number of fused-ring (bicyclic) bond motifs is 1. The summed E-state index contributed by atoms with van der Waals surface area (Å²) in [4.78, 5) is 65.1. The average Bonchev–Trinajstić information content (AvgIpc) is 3.06. The Labute approximate surface area is 253 Å². The molecule has 2 N–H and O–H groups in total. The van der Waals surface area contributed by atoms with E-state index in [2.05, 4.69) is 10.6 Å². The van der Waals surface area contributed by atoms with Crippen LogP contribution in [0.4, 0.5) is 5.69 Å². The summed E-state index contributed by atoms with van der Waals surface area (Å²) in [6.07, 6.45) is 8.98. The molecule has 0 saturated carbocycles. The molecule has 0 spiro atoms. The van der Waals surface area contributed by atoms with Crippen molar-refractivity contribution in [3.63, 3.8) is 0 Å². The Hall–Kier alpha value is -5.57. The number of anilines is 1. The molecule has 2 amide bonds. The predicted molar refractivity (Wildman–Crippen MR) is 167 cm³/mol. The molecule has 0 aliphatic heterocycles. The zero-order valence-electron chi connectivity index (χ0n) is 23.8. The Balaban J connectivity index is 1.39. The first-order valence-electron chi connectivity index (χ1n) is 14.3. The fourth-order valence-electron chi connectivity index (χ4n) is 4.98. The van der Waals surface area contributed by atoms with E-state index in [0.717, 1.165) is 23.6 Å². The van der Waals surface area contributed by atoms with E-state index in [1.54, 1.807) is 54.6 Å². The highest BCUT2D eigenvalue weighted by atomic mass is 16.5. The molecule has 2 unspecified atom stereocenters. The lowest BCUT2D eigenvalue weighted by molar-refractivity contribution is -0.131. The second kappa shape index (κ2) is 14.1. The van der Waals surface area contributed by atoms with Crippen molar-refractivity contribution < 1.29 is 23.9 Å². The summed E-state index contributed by atoms with van der Waals surface area (Å²) in [5.74, 6) is -1.09. The number of carbonyl (C=O) groups excluding carboxylic acids is 4. The van der Waals surface area contributed by atoms with Crippen molar-refractivity contribution in [3.05, 3.63) is 137 Å². The lowest BCUT2D eigenvalue weighted by atomic mass is 10.0. The van der Waals surface area contributed by atoms with Gasteiger partial charge >= 0.3 is 0 Å². The number of ether oxygens (including phenoxy) is 1. The maximum absolute atomic E-state index is 13.8. The van der Waals surface area contributed by atoms with Crippen molar-refractivity contribution in [2.24, 2.45) is 0 Å². The molecule has 2 atom stereocenters. The van der Waals surface area contributed by atoms with Crippen LogP contribution in [0.3, 0.4) is 0 Å². The van der Waals surface area contributed by atoms with Gasteiger partial charge in [0.25, 0.3) is 11.5 Å². The smallest absolute Gasteiger partial charge is 0.275 e. The number of aromatic nitrogens is 1. The van der Waals surface area contributed by atoms with Gasteiger partial charge in [-0.1, -0.05) is 66.7 Å². The second-order valence-electron chi connectivity index (χ2n) is 10.3. The third kappa shape index (κ3) is 7.07. The zero-order chi connectivity index (χ0) is 30.9. The van der Waals surface area contributed by atoms with Gasteiger partial charge in [-0.05, 0) is 65.6 Å². The minimum atomic E-state index is -1.20. The summed E-state index contributed by atoms with van der Waals surface area (Å²) in [5, 5.41) is 7.17. The average molecular weight is 590 g/mol. The second-order valence-corrected chi connectivity index (χ2v) is 10.3. The monoisotopic (exact) mass is 589 g/mol. The topological polar surface area (TPSA) is 124 Å². The van der Waals surface area contributed by atoms with Gasteiger partial charge < -0.3 is 20.2 Å². The largest absolute Gasteiger partial charge is 0.486 e. The van der Waals surface area contributed by atoms with Crippen LogP contribution < -0.4 is 16.2 Å². The van der Waals surface area contributed by atoms with Gasteiger partial charge in [-0.3, -0.25) is 23.7 Å². The van der Waals surface area contributed by atoms with E-state index in [1.165, 1.54) is 16.8 Å². The number of amides is 2. The number of carbonyl (C=O) groups is 4. The number of benzene rings is 3. The summed E-state index contributed by atoms with van der Waals surface area (Å²) in [6, 6.07) is 22.1. The lowest BCUT2D eigenvalue weighted by Gasteiger charge is -2.23. The van der Waals surface area contributed by atoms with Crippen LogP contribution in [0.25, 0.3) is 10.8 Å². The molecule has 0 bridgehead atoms. The fourth-order valence-corrected chi connectivity index (χ4v) is 4.98. The van der Waals surface area contributed by atoms with E-state index in [-0.39, 0.29) is 18.7 Å². The molecule has 3 aromatic carbocycles. The van der Waals surface area contributed by atoms with Crippen molar-refractivity contribution in [1.29, 1.82) is 0 Å².